The first-order valence-electron chi connectivity index (χ1n) is 12.9. The van der Waals surface area contributed by atoms with Crippen LogP contribution in [0.5, 0.6) is 5.75 Å². The fourth-order valence-electron chi connectivity index (χ4n) is 5.04. The van der Waals surface area contributed by atoms with Crippen LogP contribution in [0.4, 0.5) is 4.39 Å². The van der Waals surface area contributed by atoms with E-state index in [4.69, 9.17) is 32.9 Å². The van der Waals surface area contributed by atoms with Crippen LogP contribution in [0, 0.1) is 5.82 Å². The number of aromatic amines is 1. The van der Waals surface area contributed by atoms with E-state index in [0.29, 0.717) is 35.3 Å². The number of hydrogen-bond acceptors (Lipinski definition) is 3. The van der Waals surface area contributed by atoms with Crippen molar-refractivity contribution in [2.75, 3.05) is 6.61 Å². The zero-order chi connectivity index (χ0) is 26.6. The van der Waals surface area contributed by atoms with Gasteiger partial charge in [0.15, 0.2) is 0 Å². The van der Waals surface area contributed by atoms with Gasteiger partial charge < -0.3 is 9.72 Å². The molecule has 1 N–H and O–H groups in total. The van der Waals surface area contributed by atoms with Crippen molar-refractivity contribution < 1.29 is 9.13 Å². The Morgan fingerprint density at radius 2 is 1.82 bits per heavy atom. The van der Waals surface area contributed by atoms with Crippen LogP contribution >= 0.6 is 23.2 Å². The Kier molecular flexibility index (Phi) is 8.18. The number of imidazole rings is 1. The Bertz CT molecular complexity index is 1570. The maximum Gasteiger partial charge on any atom is 0.125 e. The van der Waals surface area contributed by atoms with Gasteiger partial charge in [-0.1, -0.05) is 72.9 Å². The summed E-state index contributed by atoms with van der Waals surface area (Å²) in [6.07, 6.45) is 1.79. The molecule has 196 valence electrons. The standard InChI is InChI=1S/C31H30Cl2FN3O/c1-3-7-29(31-35-27-14-13-23(34)17-28(27)36-31)37(18-21-10-12-22(32)16-26(21)33)19-25-24-9-6-5-8-20(24)11-15-30(25)38-4-2/h5-6,8-17,29H,3-4,7,18-19H2,1-2H3,(H,35,36). The Balaban J connectivity index is 1.63. The predicted molar refractivity (Wildman–Crippen MR) is 155 cm³/mol. The van der Waals surface area contributed by atoms with Crippen molar-refractivity contribution >= 4 is 45.0 Å². The molecule has 7 heteroatoms. The molecule has 1 atom stereocenters. The molecule has 4 nitrogen and oxygen atoms in total. The van der Waals surface area contributed by atoms with E-state index in [-0.39, 0.29) is 11.9 Å². The van der Waals surface area contributed by atoms with E-state index < -0.39 is 0 Å². The van der Waals surface area contributed by atoms with Crippen molar-refractivity contribution in [1.82, 2.24) is 14.9 Å². The van der Waals surface area contributed by atoms with E-state index in [1.165, 1.54) is 12.1 Å². The van der Waals surface area contributed by atoms with E-state index in [1.54, 1.807) is 12.1 Å². The van der Waals surface area contributed by atoms with Crippen LogP contribution in [-0.4, -0.2) is 21.5 Å². The summed E-state index contributed by atoms with van der Waals surface area (Å²) in [5, 5.41) is 3.52. The monoisotopic (exact) mass is 549 g/mol. The van der Waals surface area contributed by atoms with Gasteiger partial charge in [-0.3, -0.25) is 4.90 Å². The van der Waals surface area contributed by atoms with Crippen molar-refractivity contribution in [2.24, 2.45) is 0 Å². The molecule has 0 aliphatic heterocycles. The lowest BCUT2D eigenvalue weighted by Gasteiger charge is -2.32. The zero-order valence-corrected chi connectivity index (χ0v) is 23.0. The number of halogens is 3. The quantitative estimate of drug-likeness (QED) is 0.189. The van der Waals surface area contributed by atoms with Gasteiger partial charge in [-0.25, -0.2) is 9.37 Å². The molecule has 0 spiro atoms. The average Bonchev–Trinajstić information content (AvgIpc) is 3.32. The van der Waals surface area contributed by atoms with Gasteiger partial charge in [-0.15, -0.1) is 0 Å². The molecule has 0 bridgehead atoms. The van der Waals surface area contributed by atoms with Crippen molar-refractivity contribution in [3.8, 4) is 5.75 Å². The first kappa shape index (κ1) is 26.5. The molecule has 0 radical (unpaired) electrons. The highest BCUT2D eigenvalue weighted by molar-refractivity contribution is 6.35. The molecule has 0 saturated carbocycles. The number of rotatable bonds is 10. The third kappa shape index (κ3) is 5.65. The Morgan fingerprint density at radius 3 is 2.61 bits per heavy atom. The average molecular weight is 551 g/mol. The largest absolute Gasteiger partial charge is 0.494 e. The molecule has 38 heavy (non-hydrogen) atoms. The molecule has 4 aromatic carbocycles. The summed E-state index contributed by atoms with van der Waals surface area (Å²) in [6, 6.07) is 22.7. The summed E-state index contributed by atoms with van der Waals surface area (Å²) in [4.78, 5) is 10.7. The van der Waals surface area contributed by atoms with Gasteiger partial charge in [-0.2, -0.15) is 0 Å². The smallest absolute Gasteiger partial charge is 0.125 e. The highest BCUT2D eigenvalue weighted by Crippen LogP contribution is 2.36. The second-order valence-electron chi connectivity index (χ2n) is 9.43. The van der Waals surface area contributed by atoms with Gasteiger partial charge in [0, 0.05) is 28.7 Å². The minimum Gasteiger partial charge on any atom is -0.494 e. The molecule has 1 unspecified atom stereocenters. The third-order valence-electron chi connectivity index (χ3n) is 6.83. The minimum atomic E-state index is -0.290. The molecule has 0 aliphatic rings. The summed E-state index contributed by atoms with van der Waals surface area (Å²) < 4.78 is 20.1. The molecule has 0 amide bonds. The van der Waals surface area contributed by atoms with Crippen LogP contribution in [0.3, 0.4) is 0 Å². The van der Waals surface area contributed by atoms with E-state index in [2.05, 4.69) is 41.1 Å². The predicted octanol–water partition coefficient (Wildman–Crippen LogP) is 9.10. The Hall–Kier alpha value is -3.12. The fraction of sp³-hybridized carbons (Fsp3) is 0.258. The lowest BCUT2D eigenvalue weighted by Crippen LogP contribution is -2.29. The van der Waals surface area contributed by atoms with E-state index in [0.717, 1.165) is 51.8 Å². The van der Waals surface area contributed by atoms with E-state index in [9.17, 15) is 4.39 Å². The molecule has 0 saturated heterocycles. The van der Waals surface area contributed by atoms with Crippen LogP contribution < -0.4 is 4.74 Å². The van der Waals surface area contributed by atoms with Crippen molar-refractivity contribution in [3.05, 3.63) is 106 Å². The van der Waals surface area contributed by atoms with Gasteiger partial charge in [0.1, 0.15) is 17.4 Å². The number of benzene rings is 4. The lowest BCUT2D eigenvalue weighted by atomic mass is 10.0. The van der Waals surface area contributed by atoms with Gasteiger partial charge in [0.2, 0.25) is 0 Å². The molecule has 1 aromatic heterocycles. The third-order valence-corrected chi connectivity index (χ3v) is 7.41. The van der Waals surface area contributed by atoms with E-state index in [1.807, 2.05) is 31.2 Å². The SMILES string of the molecule is CCCC(c1nc2ccc(F)cc2[nH]1)N(Cc1ccc(Cl)cc1Cl)Cc1c(OCC)ccc2ccccc12. The Labute approximate surface area is 232 Å². The highest BCUT2D eigenvalue weighted by Gasteiger charge is 2.26. The summed E-state index contributed by atoms with van der Waals surface area (Å²) in [7, 11) is 0. The van der Waals surface area contributed by atoms with Crippen LogP contribution in [0.2, 0.25) is 10.0 Å². The van der Waals surface area contributed by atoms with E-state index >= 15 is 0 Å². The number of H-pyrrole nitrogens is 1. The van der Waals surface area contributed by atoms with Gasteiger partial charge in [0.05, 0.1) is 23.7 Å². The number of ether oxygens (including phenoxy) is 1. The van der Waals surface area contributed by atoms with Crippen LogP contribution in [-0.2, 0) is 13.1 Å². The first-order valence-corrected chi connectivity index (χ1v) is 13.7. The van der Waals surface area contributed by atoms with Crippen molar-refractivity contribution in [1.29, 1.82) is 0 Å². The van der Waals surface area contributed by atoms with Crippen molar-refractivity contribution in [3.63, 3.8) is 0 Å². The second-order valence-corrected chi connectivity index (χ2v) is 10.3. The van der Waals surface area contributed by atoms with Crippen LogP contribution in [0.15, 0.2) is 72.8 Å². The van der Waals surface area contributed by atoms with Crippen LogP contribution in [0.25, 0.3) is 21.8 Å². The summed E-state index contributed by atoms with van der Waals surface area (Å²) in [5.74, 6) is 1.37. The molecule has 1 heterocycles. The molecular formula is C31H30Cl2FN3O. The van der Waals surface area contributed by atoms with Crippen molar-refractivity contribution in [2.45, 2.75) is 45.8 Å². The maximum atomic E-state index is 14.0. The van der Waals surface area contributed by atoms with Crippen LogP contribution in [0.1, 0.15) is 49.7 Å². The first-order chi connectivity index (χ1) is 18.5. The number of nitrogens with one attached hydrogen (secondary N) is 1. The molecular weight excluding hydrogens is 520 g/mol. The summed E-state index contributed by atoms with van der Waals surface area (Å²) in [5.41, 5.74) is 3.51. The number of aromatic nitrogens is 2. The minimum absolute atomic E-state index is 0.0735. The lowest BCUT2D eigenvalue weighted by molar-refractivity contribution is 0.160. The zero-order valence-electron chi connectivity index (χ0n) is 21.5. The number of fused-ring (bicyclic) bond motifs is 2. The van der Waals surface area contributed by atoms with Gasteiger partial charge in [-0.05, 0) is 66.1 Å². The molecule has 5 rings (SSSR count). The number of hydrogen-bond donors (Lipinski definition) is 1. The Morgan fingerprint density at radius 1 is 0.974 bits per heavy atom. The number of nitrogens with zero attached hydrogens (tertiary/aromatic N) is 2. The molecule has 5 aromatic rings. The fourth-order valence-corrected chi connectivity index (χ4v) is 5.51. The summed E-state index contributed by atoms with van der Waals surface area (Å²) >= 11 is 12.9. The topological polar surface area (TPSA) is 41.2 Å². The highest BCUT2D eigenvalue weighted by atomic mass is 35.5. The molecule has 0 fully saturated rings. The second kappa shape index (κ2) is 11.7. The van der Waals surface area contributed by atoms with Gasteiger partial charge >= 0.3 is 0 Å². The normalized spacial score (nSPS) is 12.5. The maximum absolute atomic E-state index is 14.0. The molecule has 0 aliphatic carbocycles. The summed E-state index contributed by atoms with van der Waals surface area (Å²) in [6.45, 7) is 5.90. The van der Waals surface area contributed by atoms with Gasteiger partial charge in [0.25, 0.3) is 0 Å².